The second-order valence-electron chi connectivity index (χ2n) is 14.2. The van der Waals surface area contributed by atoms with Crippen LogP contribution >= 0.6 is 0 Å². The Kier molecular flexibility index (Phi) is 12.9. The molecule has 0 radical (unpaired) electrons. The van der Waals surface area contributed by atoms with Crippen LogP contribution in [0.1, 0.15) is 45.4 Å². The number of fused-ring (bicyclic) bond motifs is 1. The number of hydrogen-bond acceptors (Lipinski definition) is 9. The number of carbonyl (C=O) groups is 3. The Morgan fingerprint density at radius 2 is 1.70 bits per heavy atom. The van der Waals surface area contributed by atoms with Crippen molar-refractivity contribution in [1.82, 2.24) is 24.4 Å². The molecule has 3 aromatic carbocycles. The van der Waals surface area contributed by atoms with E-state index in [1.54, 1.807) is 36.4 Å². The Balaban J connectivity index is 1.39. The van der Waals surface area contributed by atoms with Gasteiger partial charge in [0.2, 0.25) is 15.9 Å². The molecular formula is C40H50N6O7S. The van der Waals surface area contributed by atoms with Crippen molar-refractivity contribution in [2.45, 2.75) is 70.2 Å². The van der Waals surface area contributed by atoms with Crippen LogP contribution in [0.15, 0.2) is 89.8 Å². The first-order chi connectivity index (χ1) is 25.7. The van der Waals surface area contributed by atoms with Crippen molar-refractivity contribution in [3.05, 3.63) is 96.2 Å². The predicted octanol–water partition coefficient (Wildman–Crippen LogP) is 4.44. The molecule has 1 fully saturated rings. The third-order valence-corrected chi connectivity index (χ3v) is 11.6. The number of urea groups is 1. The van der Waals surface area contributed by atoms with Crippen LogP contribution in [0.4, 0.5) is 10.5 Å². The number of nitrogens with two attached hydrogens (primary N) is 1. The summed E-state index contributed by atoms with van der Waals surface area (Å²) in [4.78, 5) is 48.6. The van der Waals surface area contributed by atoms with Gasteiger partial charge in [-0.05, 0) is 72.4 Å². The molecular weight excluding hydrogens is 709 g/mol. The number of aromatic nitrogens is 1. The molecule has 4 atom stereocenters. The van der Waals surface area contributed by atoms with Gasteiger partial charge in [-0.25, -0.2) is 13.2 Å². The summed E-state index contributed by atoms with van der Waals surface area (Å²) in [6.07, 6.45) is -0.656. The van der Waals surface area contributed by atoms with Crippen molar-refractivity contribution in [3.63, 3.8) is 0 Å². The zero-order valence-corrected chi connectivity index (χ0v) is 32.2. The van der Waals surface area contributed by atoms with Crippen LogP contribution < -0.4 is 15.8 Å². The van der Waals surface area contributed by atoms with E-state index in [-0.39, 0.29) is 49.3 Å². The van der Waals surface area contributed by atoms with Gasteiger partial charge in [-0.1, -0.05) is 70.5 Å². The van der Waals surface area contributed by atoms with Crippen LogP contribution in [-0.4, -0.2) is 95.4 Å². The first-order valence-electron chi connectivity index (χ1n) is 18.1. The predicted molar refractivity (Wildman–Crippen MR) is 207 cm³/mol. The fourth-order valence-corrected chi connectivity index (χ4v) is 8.25. The number of aliphatic hydroxyl groups excluding tert-OH is 1. The first kappa shape index (κ1) is 40.1. The molecule has 1 saturated heterocycles. The van der Waals surface area contributed by atoms with E-state index < -0.39 is 46.1 Å². The maximum atomic E-state index is 14.4. The van der Waals surface area contributed by atoms with Crippen molar-refractivity contribution in [2.24, 2.45) is 11.8 Å². The maximum Gasteiger partial charge on any atom is 0.328 e. The minimum Gasteiger partial charge on any atom is -0.497 e. The summed E-state index contributed by atoms with van der Waals surface area (Å²) in [6.45, 7) is 6.91. The van der Waals surface area contributed by atoms with E-state index in [0.717, 1.165) is 15.8 Å². The molecule has 0 saturated carbocycles. The number of sulfonamides is 1. The molecule has 0 spiro atoms. The SMILES string of the molecule is CC[C@H](C)[C@@H](C(=O)N[C@@H](Cc1ccccc1)[C@@H](O)CN(CC(C)C)S(=O)(=O)c1ccc(OC)cc1)N1CC(=O)N(Cc2ccc3cc(N)ccc3n2)C1=O. The summed E-state index contributed by atoms with van der Waals surface area (Å²) in [5.41, 5.74) is 8.47. The lowest BCUT2D eigenvalue weighted by Gasteiger charge is -2.34. The third-order valence-electron chi connectivity index (χ3n) is 9.71. The number of nitrogens with one attached hydrogen (secondary N) is 1. The number of imide groups is 1. The number of anilines is 1. The van der Waals surface area contributed by atoms with E-state index in [1.165, 1.54) is 28.4 Å². The lowest BCUT2D eigenvalue weighted by molar-refractivity contribution is -0.129. The Morgan fingerprint density at radius 1 is 1.00 bits per heavy atom. The maximum absolute atomic E-state index is 14.4. The van der Waals surface area contributed by atoms with Gasteiger partial charge in [0, 0.05) is 24.2 Å². The van der Waals surface area contributed by atoms with E-state index in [4.69, 9.17) is 10.5 Å². The first-order valence-corrected chi connectivity index (χ1v) is 19.6. The van der Waals surface area contributed by atoms with Gasteiger partial charge in [0.05, 0.1) is 41.9 Å². The van der Waals surface area contributed by atoms with Crippen LogP contribution in [0.2, 0.25) is 0 Å². The van der Waals surface area contributed by atoms with Gasteiger partial charge in [-0.15, -0.1) is 0 Å². The van der Waals surface area contributed by atoms with E-state index in [9.17, 15) is 27.9 Å². The number of methoxy groups -OCH3 is 1. The molecule has 2 heterocycles. The molecule has 14 heteroatoms. The molecule has 13 nitrogen and oxygen atoms in total. The molecule has 54 heavy (non-hydrogen) atoms. The molecule has 1 aromatic heterocycles. The van der Waals surface area contributed by atoms with Crippen LogP contribution in [-0.2, 0) is 32.6 Å². The standard InChI is InChI=1S/C40H50N6O7S/c1-6-27(4)38(46-25-37(48)45(40(46)50)23-31-14-12-29-21-30(41)13-19-34(29)42-31)39(49)43-35(20-28-10-8-7-9-11-28)36(47)24-44(22-26(2)3)54(51,52)33-17-15-32(53-5)16-18-33/h7-19,21,26-27,35-36,38,47H,6,20,22-25,41H2,1-5H3,(H,43,49)/t27-,35-,36-,38-/m0/s1. The smallest absolute Gasteiger partial charge is 0.328 e. The number of amides is 4. The number of benzene rings is 3. The monoisotopic (exact) mass is 758 g/mol. The van der Waals surface area contributed by atoms with Crippen molar-refractivity contribution in [2.75, 3.05) is 32.5 Å². The van der Waals surface area contributed by atoms with Crippen molar-refractivity contribution >= 4 is 44.5 Å². The van der Waals surface area contributed by atoms with Gasteiger partial charge in [0.1, 0.15) is 18.3 Å². The average Bonchev–Trinajstić information content (AvgIpc) is 3.42. The Labute approximate surface area is 317 Å². The number of carbonyl (C=O) groups excluding carboxylic acids is 3. The van der Waals surface area contributed by atoms with Crippen molar-refractivity contribution < 1.29 is 32.6 Å². The number of nitrogen functional groups attached to an aromatic ring is 1. The highest BCUT2D eigenvalue weighted by molar-refractivity contribution is 7.89. The molecule has 1 aliphatic heterocycles. The molecule has 288 valence electrons. The van der Waals surface area contributed by atoms with E-state index in [2.05, 4.69) is 10.3 Å². The highest BCUT2D eigenvalue weighted by atomic mass is 32.2. The number of pyridine rings is 1. The van der Waals surface area contributed by atoms with E-state index in [1.807, 2.05) is 64.1 Å². The summed E-state index contributed by atoms with van der Waals surface area (Å²) in [5.74, 6) is -0.958. The number of aliphatic hydroxyl groups is 1. The lowest BCUT2D eigenvalue weighted by Crippen LogP contribution is -2.57. The van der Waals surface area contributed by atoms with Gasteiger partial charge in [0.15, 0.2) is 0 Å². The third kappa shape index (κ3) is 9.35. The average molecular weight is 759 g/mol. The molecule has 5 rings (SSSR count). The van der Waals surface area contributed by atoms with E-state index >= 15 is 0 Å². The van der Waals surface area contributed by atoms with Crippen molar-refractivity contribution in [1.29, 1.82) is 0 Å². The zero-order chi connectivity index (χ0) is 39.2. The number of ether oxygens (including phenoxy) is 1. The molecule has 0 bridgehead atoms. The van der Waals surface area contributed by atoms with Gasteiger partial charge in [-0.2, -0.15) is 4.31 Å². The zero-order valence-electron chi connectivity index (χ0n) is 31.4. The largest absolute Gasteiger partial charge is 0.497 e. The minimum atomic E-state index is -4.06. The Bertz CT molecular complexity index is 2050. The van der Waals surface area contributed by atoms with Crippen molar-refractivity contribution in [3.8, 4) is 5.75 Å². The summed E-state index contributed by atoms with van der Waals surface area (Å²) >= 11 is 0. The summed E-state index contributed by atoms with van der Waals surface area (Å²) in [6, 6.07) is 21.5. The highest BCUT2D eigenvalue weighted by Gasteiger charge is 2.45. The van der Waals surface area contributed by atoms with Crippen LogP contribution in [0.5, 0.6) is 5.75 Å². The topological polar surface area (TPSA) is 175 Å². The van der Waals surface area contributed by atoms with Gasteiger partial charge < -0.3 is 25.8 Å². The minimum absolute atomic E-state index is 0.0435. The molecule has 4 amide bonds. The Hall–Kier alpha value is -5.05. The molecule has 4 N–H and O–H groups in total. The highest BCUT2D eigenvalue weighted by Crippen LogP contribution is 2.26. The molecule has 0 unspecified atom stereocenters. The normalized spacial score (nSPS) is 15.9. The van der Waals surface area contributed by atoms with Gasteiger partial charge >= 0.3 is 6.03 Å². The molecule has 4 aromatic rings. The second kappa shape index (κ2) is 17.4. The fourth-order valence-electron chi connectivity index (χ4n) is 6.63. The van der Waals surface area contributed by atoms with Crippen LogP contribution in [0.3, 0.4) is 0 Å². The van der Waals surface area contributed by atoms with Crippen LogP contribution in [0, 0.1) is 11.8 Å². The number of rotatable bonds is 17. The molecule has 1 aliphatic rings. The molecule has 0 aliphatic carbocycles. The van der Waals surface area contributed by atoms with E-state index in [0.29, 0.717) is 29.1 Å². The van der Waals surface area contributed by atoms with Gasteiger partial charge in [-0.3, -0.25) is 19.5 Å². The summed E-state index contributed by atoms with van der Waals surface area (Å²) < 4.78 is 34.3. The number of nitrogens with zero attached hydrogens (tertiary/aromatic N) is 4. The summed E-state index contributed by atoms with van der Waals surface area (Å²) in [5, 5.41) is 15.6. The van der Waals surface area contributed by atoms with Crippen LogP contribution in [0.25, 0.3) is 10.9 Å². The second-order valence-corrected chi connectivity index (χ2v) is 16.2. The summed E-state index contributed by atoms with van der Waals surface area (Å²) in [7, 11) is -2.57. The quantitative estimate of drug-likeness (QED) is 0.104. The number of hydrogen-bond donors (Lipinski definition) is 3. The fraction of sp³-hybridized carbons (Fsp3) is 0.400. The lowest BCUT2D eigenvalue weighted by atomic mass is 9.95. The van der Waals surface area contributed by atoms with Gasteiger partial charge in [0.25, 0.3) is 5.91 Å². The Morgan fingerprint density at radius 3 is 2.35 bits per heavy atom.